The molecule has 2 unspecified atom stereocenters. The van der Waals surface area contributed by atoms with E-state index in [0.717, 1.165) is 4.90 Å². The van der Waals surface area contributed by atoms with Crippen molar-refractivity contribution >= 4 is 15.9 Å². The zero-order chi connectivity index (χ0) is 21.1. The van der Waals surface area contributed by atoms with Crippen molar-refractivity contribution in [3.63, 3.8) is 0 Å². The number of hydrogen-bond acceptors (Lipinski definition) is 4. The molecule has 0 aliphatic carbocycles. The number of ether oxygens (including phenoxy) is 1. The number of rotatable bonds is 6. The summed E-state index contributed by atoms with van der Waals surface area (Å²) in [4.78, 5) is 13.9. The van der Waals surface area contributed by atoms with Crippen LogP contribution in [0.15, 0.2) is 29.2 Å². The molecular weight excluding hydrogens is 397 g/mol. The maximum atomic E-state index is 13.0. The third kappa shape index (κ3) is 5.38. The lowest BCUT2D eigenvalue weighted by Gasteiger charge is -2.36. The Morgan fingerprint density at radius 3 is 2.36 bits per heavy atom. The number of alkyl halides is 3. The van der Waals surface area contributed by atoms with Crippen LogP contribution in [-0.4, -0.2) is 51.6 Å². The van der Waals surface area contributed by atoms with Crippen LogP contribution in [0, 0.1) is 11.8 Å². The fourth-order valence-corrected chi connectivity index (χ4v) is 4.44. The lowest BCUT2D eigenvalue weighted by atomic mass is 9.95. The summed E-state index contributed by atoms with van der Waals surface area (Å²) in [6.45, 7) is 3.02. The summed E-state index contributed by atoms with van der Waals surface area (Å²) in [6.07, 6.45) is -4.18. The third-order valence-corrected chi connectivity index (χ3v) is 6.24. The normalized spacial score (nSPS) is 19.5. The van der Waals surface area contributed by atoms with Crippen molar-refractivity contribution in [3.8, 4) is 5.75 Å². The zero-order valence-corrected chi connectivity index (χ0v) is 16.8. The standard InChI is InChI=1S/C18H25F3N2O4S/c1-12(2)16(17(24)23-10-4-5-13(11-23)18(19,20)21)22-28(25,26)15-8-6-14(27-3)7-9-15/h6-9,12-13,16,22H,4-5,10-11H2,1-3H3. The van der Waals surface area contributed by atoms with Gasteiger partial charge < -0.3 is 9.64 Å². The van der Waals surface area contributed by atoms with E-state index >= 15 is 0 Å². The van der Waals surface area contributed by atoms with Crippen molar-refractivity contribution in [1.29, 1.82) is 0 Å². The number of likely N-dealkylation sites (tertiary alicyclic amines) is 1. The maximum absolute atomic E-state index is 13.0. The Labute approximate surface area is 163 Å². The molecule has 1 heterocycles. The molecule has 10 heteroatoms. The van der Waals surface area contributed by atoms with Crippen LogP contribution in [-0.2, 0) is 14.8 Å². The van der Waals surface area contributed by atoms with Crippen molar-refractivity contribution in [1.82, 2.24) is 9.62 Å². The number of methoxy groups -OCH3 is 1. The zero-order valence-electron chi connectivity index (χ0n) is 16.0. The second kappa shape index (κ2) is 8.69. The Bertz CT molecular complexity index is 779. The van der Waals surface area contributed by atoms with Gasteiger partial charge in [0, 0.05) is 13.1 Å². The minimum atomic E-state index is -4.38. The summed E-state index contributed by atoms with van der Waals surface area (Å²) < 4.78 is 71.8. The molecule has 0 saturated carbocycles. The van der Waals surface area contributed by atoms with Crippen LogP contribution in [0.3, 0.4) is 0 Å². The van der Waals surface area contributed by atoms with Gasteiger partial charge in [0.05, 0.1) is 17.9 Å². The molecule has 1 aliphatic heterocycles. The molecule has 1 aliphatic rings. The van der Waals surface area contributed by atoms with Gasteiger partial charge in [0.15, 0.2) is 0 Å². The quantitative estimate of drug-likeness (QED) is 0.765. The molecule has 2 atom stereocenters. The minimum absolute atomic E-state index is 0.0306. The Morgan fingerprint density at radius 2 is 1.86 bits per heavy atom. The molecule has 158 valence electrons. The highest BCUT2D eigenvalue weighted by atomic mass is 32.2. The van der Waals surface area contributed by atoms with E-state index in [-0.39, 0.29) is 24.3 Å². The van der Waals surface area contributed by atoms with E-state index in [1.807, 2.05) is 0 Å². The van der Waals surface area contributed by atoms with Gasteiger partial charge >= 0.3 is 6.18 Å². The van der Waals surface area contributed by atoms with E-state index in [4.69, 9.17) is 4.74 Å². The van der Waals surface area contributed by atoms with E-state index in [1.54, 1.807) is 13.8 Å². The van der Waals surface area contributed by atoms with Gasteiger partial charge in [0.2, 0.25) is 15.9 Å². The SMILES string of the molecule is COc1ccc(S(=O)(=O)NC(C(=O)N2CCCC(C(F)(F)F)C2)C(C)C)cc1. The average Bonchev–Trinajstić information content (AvgIpc) is 2.65. The first-order valence-electron chi connectivity index (χ1n) is 8.97. The largest absolute Gasteiger partial charge is 0.497 e. The number of nitrogens with zero attached hydrogens (tertiary/aromatic N) is 1. The van der Waals surface area contributed by atoms with Crippen LogP contribution in [0.25, 0.3) is 0 Å². The molecule has 1 amide bonds. The van der Waals surface area contributed by atoms with Gasteiger partial charge in [0.1, 0.15) is 11.8 Å². The molecule has 1 saturated heterocycles. The molecule has 1 fully saturated rings. The summed E-state index contributed by atoms with van der Waals surface area (Å²) in [7, 11) is -2.58. The number of carbonyl (C=O) groups excluding carboxylic acids is 1. The number of amides is 1. The van der Waals surface area contributed by atoms with Gasteiger partial charge in [-0.05, 0) is 43.0 Å². The summed E-state index contributed by atoms with van der Waals surface area (Å²) in [5.74, 6) is -2.19. The molecular formula is C18H25F3N2O4S. The molecule has 0 spiro atoms. The van der Waals surface area contributed by atoms with Gasteiger partial charge in [-0.25, -0.2) is 8.42 Å². The molecule has 28 heavy (non-hydrogen) atoms. The van der Waals surface area contributed by atoms with Crippen LogP contribution in [0.2, 0.25) is 0 Å². The highest BCUT2D eigenvalue weighted by Gasteiger charge is 2.44. The van der Waals surface area contributed by atoms with Gasteiger partial charge in [0.25, 0.3) is 0 Å². The van der Waals surface area contributed by atoms with Crippen LogP contribution < -0.4 is 9.46 Å². The van der Waals surface area contributed by atoms with Gasteiger partial charge in [-0.2, -0.15) is 17.9 Å². The fraction of sp³-hybridized carbons (Fsp3) is 0.611. The first-order valence-corrected chi connectivity index (χ1v) is 10.5. The third-order valence-electron chi connectivity index (χ3n) is 4.78. The predicted octanol–water partition coefficient (Wildman–Crippen LogP) is 2.80. The minimum Gasteiger partial charge on any atom is -0.497 e. The van der Waals surface area contributed by atoms with E-state index < -0.39 is 46.5 Å². The lowest BCUT2D eigenvalue weighted by molar-refractivity contribution is -0.188. The van der Waals surface area contributed by atoms with Gasteiger partial charge in [-0.3, -0.25) is 4.79 Å². The second-order valence-electron chi connectivity index (χ2n) is 7.18. The van der Waals surface area contributed by atoms with Gasteiger partial charge in [-0.15, -0.1) is 0 Å². The average molecular weight is 422 g/mol. The topological polar surface area (TPSA) is 75.7 Å². The summed E-state index contributed by atoms with van der Waals surface area (Å²) in [6, 6.07) is 4.46. The van der Waals surface area contributed by atoms with Crippen molar-refractivity contribution in [2.24, 2.45) is 11.8 Å². The predicted molar refractivity (Wildman–Crippen MR) is 97.3 cm³/mol. The number of sulfonamides is 1. The lowest BCUT2D eigenvalue weighted by Crippen LogP contribution is -2.54. The van der Waals surface area contributed by atoms with E-state index in [1.165, 1.54) is 31.4 Å². The molecule has 6 nitrogen and oxygen atoms in total. The molecule has 0 bridgehead atoms. The van der Waals surface area contributed by atoms with Crippen LogP contribution in [0.4, 0.5) is 13.2 Å². The maximum Gasteiger partial charge on any atom is 0.393 e. The van der Waals surface area contributed by atoms with Crippen molar-refractivity contribution in [2.45, 2.75) is 43.8 Å². The van der Waals surface area contributed by atoms with Crippen LogP contribution in [0.1, 0.15) is 26.7 Å². The summed E-state index contributed by atoms with van der Waals surface area (Å²) >= 11 is 0. The Balaban J connectivity index is 2.18. The molecule has 0 radical (unpaired) electrons. The summed E-state index contributed by atoms with van der Waals surface area (Å²) in [5, 5.41) is 0. The second-order valence-corrected chi connectivity index (χ2v) is 8.90. The molecule has 1 N–H and O–H groups in total. The fourth-order valence-electron chi connectivity index (χ4n) is 3.10. The van der Waals surface area contributed by atoms with Crippen molar-refractivity contribution < 1.29 is 31.1 Å². The number of hydrogen-bond donors (Lipinski definition) is 1. The Kier molecular flexibility index (Phi) is 6.97. The number of piperidine rings is 1. The van der Waals surface area contributed by atoms with Crippen LogP contribution in [0.5, 0.6) is 5.75 Å². The first kappa shape index (κ1) is 22.5. The summed E-state index contributed by atoms with van der Waals surface area (Å²) in [5.41, 5.74) is 0. The first-order chi connectivity index (χ1) is 13.0. The smallest absolute Gasteiger partial charge is 0.393 e. The van der Waals surface area contributed by atoms with Gasteiger partial charge in [-0.1, -0.05) is 13.8 Å². The molecule has 2 rings (SSSR count). The number of nitrogens with one attached hydrogen (secondary N) is 1. The van der Waals surface area contributed by atoms with Crippen molar-refractivity contribution in [2.75, 3.05) is 20.2 Å². The molecule has 1 aromatic rings. The molecule has 1 aromatic carbocycles. The Morgan fingerprint density at radius 1 is 1.25 bits per heavy atom. The van der Waals surface area contributed by atoms with Crippen molar-refractivity contribution in [3.05, 3.63) is 24.3 Å². The monoisotopic (exact) mass is 422 g/mol. The highest BCUT2D eigenvalue weighted by molar-refractivity contribution is 7.89. The van der Waals surface area contributed by atoms with E-state index in [9.17, 15) is 26.4 Å². The number of carbonyl (C=O) groups is 1. The molecule has 0 aromatic heterocycles. The Hall–Kier alpha value is -1.81. The number of halogens is 3. The van der Waals surface area contributed by atoms with Crippen LogP contribution >= 0.6 is 0 Å². The number of benzene rings is 1. The van der Waals surface area contributed by atoms with E-state index in [0.29, 0.717) is 5.75 Å². The highest BCUT2D eigenvalue weighted by Crippen LogP contribution is 2.33. The van der Waals surface area contributed by atoms with E-state index in [2.05, 4.69) is 4.72 Å².